The van der Waals surface area contributed by atoms with Crippen LogP contribution in [0.1, 0.15) is 5.56 Å². The zero-order valence-corrected chi connectivity index (χ0v) is 9.99. The minimum absolute atomic E-state index is 0.341. The van der Waals surface area contributed by atoms with Gasteiger partial charge in [0.2, 0.25) is 0 Å². The fraction of sp³-hybridized carbons (Fsp3) is 0. The lowest BCUT2D eigenvalue weighted by molar-refractivity contribution is 0.876. The zero-order chi connectivity index (χ0) is 10.8. The second-order valence-electron chi connectivity index (χ2n) is 2.87. The topological polar surface area (TPSA) is 56.7 Å². The van der Waals surface area contributed by atoms with E-state index in [1.807, 2.05) is 18.2 Å². The van der Waals surface area contributed by atoms with Crippen LogP contribution in [0.5, 0.6) is 0 Å². The Labute approximate surface area is 100 Å². The van der Waals surface area contributed by atoms with Gasteiger partial charge in [-0.25, -0.2) is 9.67 Å². The van der Waals surface area contributed by atoms with Crippen molar-refractivity contribution >= 4 is 33.1 Å². The van der Waals surface area contributed by atoms with Crippen LogP contribution in [0.4, 0.5) is 0 Å². The van der Waals surface area contributed by atoms with Gasteiger partial charge in [-0.3, -0.25) is 0 Å². The number of hydrogen-bond acceptors (Lipinski definition) is 3. The molecule has 0 bridgehead atoms. The molecule has 2 aromatic rings. The summed E-state index contributed by atoms with van der Waals surface area (Å²) in [7, 11) is 0. The monoisotopic (exact) mass is 282 g/mol. The number of hydrogen-bond donors (Lipinski definition) is 1. The lowest BCUT2D eigenvalue weighted by Gasteiger charge is -2.07. The number of nitrogens with zero attached hydrogens (tertiary/aromatic N) is 3. The van der Waals surface area contributed by atoms with Crippen LogP contribution < -0.4 is 5.73 Å². The number of rotatable bonds is 2. The van der Waals surface area contributed by atoms with Crippen LogP contribution in [0.15, 0.2) is 35.3 Å². The van der Waals surface area contributed by atoms with E-state index in [1.54, 1.807) is 11.0 Å². The second-order valence-corrected chi connectivity index (χ2v) is 4.22. The molecule has 6 heteroatoms. The second kappa shape index (κ2) is 4.08. The first kappa shape index (κ1) is 10.3. The smallest absolute Gasteiger partial charge is 0.138 e. The van der Waals surface area contributed by atoms with Crippen molar-refractivity contribution < 1.29 is 0 Å². The molecule has 0 unspecified atom stereocenters. The summed E-state index contributed by atoms with van der Waals surface area (Å²) in [6.45, 7) is 0. The molecule has 0 spiro atoms. The Morgan fingerprint density at radius 3 is 2.87 bits per heavy atom. The van der Waals surface area contributed by atoms with Gasteiger partial charge < -0.3 is 5.73 Å². The van der Waals surface area contributed by atoms with Gasteiger partial charge in [0.25, 0.3) is 0 Å². The first-order valence-corrected chi connectivity index (χ1v) is 5.33. The molecule has 0 aliphatic carbocycles. The minimum atomic E-state index is 0.341. The first-order valence-electron chi connectivity index (χ1n) is 4.13. The van der Waals surface area contributed by atoms with E-state index in [-0.39, 0.29) is 0 Å². The average molecular weight is 283 g/mol. The highest BCUT2D eigenvalue weighted by Gasteiger charge is 2.08. The number of nitrogens with two attached hydrogens (primary N) is 1. The predicted molar refractivity (Wildman–Crippen MR) is 64.9 cm³/mol. The average Bonchev–Trinajstić information content (AvgIpc) is 2.69. The molecular weight excluding hydrogens is 276 g/mol. The van der Waals surface area contributed by atoms with Crippen LogP contribution in [0, 0.1) is 0 Å². The molecular formula is C9H7BrN4S. The van der Waals surface area contributed by atoms with Crippen molar-refractivity contribution in [2.45, 2.75) is 0 Å². The Bertz CT molecular complexity index is 495. The fourth-order valence-electron chi connectivity index (χ4n) is 1.24. The maximum absolute atomic E-state index is 5.63. The van der Waals surface area contributed by atoms with Crippen LogP contribution >= 0.6 is 28.1 Å². The third-order valence-corrected chi connectivity index (χ3v) is 2.60. The summed E-state index contributed by atoms with van der Waals surface area (Å²) in [6, 6.07) is 5.63. The number of aromatic nitrogens is 3. The molecule has 0 saturated carbocycles. The van der Waals surface area contributed by atoms with Crippen molar-refractivity contribution in [3.8, 4) is 5.69 Å². The molecule has 0 radical (unpaired) electrons. The third-order valence-electron chi connectivity index (χ3n) is 1.89. The Balaban J connectivity index is 2.63. The van der Waals surface area contributed by atoms with E-state index < -0.39 is 0 Å². The van der Waals surface area contributed by atoms with Gasteiger partial charge in [-0.15, -0.1) is 0 Å². The summed E-state index contributed by atoms with van der Waals surface area (Å²) in [6.07, 6.45) is 3.06. The van der Waals surface area contributed by atoms with E-state index >= 15 is 0 Å². The molecule has 0 saturated heterocycles. The van der Waals surface area contributed by atoms with E-state index in [9.17, 15) is 0 Å². The lowest BCUT2D eigenvalue weighted by Crippen LogP contribution is -2.13. The van der Waals surface area contributed by atoms with E-state index in [0.717, 1.165) is 15.7 Å². The molecule has 15 heavy (non-hydrogen) atoms. The van der Waals surface area contributed by atoms with Gasteiger partial charge >= 0.3 is 0 Å². The molecule has 76 valence electrons. The maximum Gasteiger partial charge on any atom is 0.138 e. The van der Waals surface area contributed by atoms with Crippen LogP contribution in [0.2, 0.25) is 0 Å². The molecule has 0 fully saturated rings. The van der Waals surface area contributed by atoms with Gasteiger partial charge in [0.1, 0.15) is 17.6 Å². The normalized spacial score (nSPS) is 10.2. The van der Waals surface area contributed by atoms with Crippen LogP contribution in [-0.2, 0) is 0 Å². The van der Waals surface area contributed by atoms with Gasteiger partial charge in [0, 0.05) is 10.0 Å². The molecule has 2 N–H and O–H groups in total. The lowest BCUT2D eigenvalue weighted by atomic mass is 10.2. The quantitative estimate of drug-likeness (QED) is 0.852. The number of thiocarbonyl (C=S) groups is 1. The molecule has 0 amide bonds. The van der Waals surface area contributed by atoms with Gasteiger partial charge in [0.15, 0.2) is 0 Å². The van der Waals surface area contributed by atoms with Crippen molar-refractivity contribution in [2.24, 2.45) is 5.73 Å². The highest BCUT2D eigenvalue weighted by molar-refractivity contribution is 9.10. The van der Waals surface area contributed by atoms with Crippen molar-refractivity contribution in [3.63, 3.8) is 0 Å². The summed E-state index contributed by atoms with van der Waals surface area (Å²) >= 11 is 8.35. The van der Waals surface area contributed by atoms with Crippen molar-refractivity contribution in [3.05, 3.63) is 40.9 Å². The Morgan fingerprint density at radius 2 is 2.27 bits per heavy atom. The van der Waals surface area contributed by atoms with E-state index in [4.69, 9.17) is 18.0 Å². The van der Waals surface area contributed by atoms with E-state index in [0.29, 0.717) is 4.99 Å². The van der Waals surface area contributed by atoms with Gasteiger partial charge in [-0.2, -0.15) is 5.10 Å². The summed E-state index contributed by atoms with van der Waals surface area (Å²) in [5.41, 5.74) is 7.22. The van der Waals surface area contributed by atoms with Crippen LogP contribution in [0.3, 0.4) is 0 Å². The Morgan fingerprint density at radius 1 is 1.47 bits per heavy atom. The molecule has 4 nitrogen and oxygen atoms in total. The summed E-state index contributed by atoms with van der Waals surface area (Å²) in [4.78, 5) is 4.22. The zero-order valence-electron chi connectivity index (χ0n) is 7.59. The molecule has 1 aromatic carbocycles. The molecule has 0 aliphatic heterocycles. The minimum Gasteiger partial charge on any atom is -0.389 e. The standard InChI is InChI=1S/C9H7BrN4S/c10-6-1-2-7(9(11)15)8(3-6)14-5-12-4-13-14/h1-5H,(H2,11,15). The summed E-state index contributed by atoms with van der Waals surface area (Å²) < 4.78 is 2.56. The highest BCUT2D eigenvalue weighted by atomic mass is 79.9. The predicted octanol–water partition coefficient (Wildman–Crippen LogP) is 1.66. The van der Waals surface area contributed by atoms with Crippen LogP contribution in [0.25, 0.3) is 5.69 Å². The van der Waals surface area contributed by atoms with Crippen molar-refractivity contribution in [2.75, 3.05) is 0 Å². The number of benzene rings is 1. The molecule has 0 atom stereocenters. The number of halogens is 1. The maximum atomic E-state index is 5.63. The Kier molecular flexibility index (Phi) is 2.79. The largest absolute Gasteiger partial charge is 0.389 e. The molecule has 2 rings (SSSR count). The van der Waals surface area contributed by atoms with E-state index in [2.05, 4.69) is 26.0 Å². The third kappa shape index (κ3) is 2.05. The summed E-state index contributed by atoms with van der Waals surface area (Å²) in [5, 5.41) is 4.04. The SMILES string of the molecule is NC(=S)c1ccc(Br)cc1-n1cncn1. The van der Waals surface area contributed by atoms with Crippen LogP contribution in [-0.4, -0.2) is 19.8 Å². The van der Waals surface area contributed by atoms with Gasteiger partial charge in [0.05, 0.1) is 5.69 Å². The summed E-state index contributed by atoms with van der Waals surface area (Å²) in [5.74, 6) is 0. The van der Waals surface area contributed by atoms with E-state index in [1.165, 1.54) is 6.33 Å². The van der Waals surface area contributed by atoms with Gasteiger partial charge in [-0.05, 0) is 18.2 Å². The molecule has 1 aromatic heterocycles. The molecule has 0 aliphatic rings. The van der Waals surface area contributed by atoms with Crippen molar-refractivity contribution in [1.29, 1.82) is 0 Å². The van der Waals surface area contributed by atoms with Gasteiger partial charge in [-0.1, -0.05) is 28.1 Å². The highest BCUT2D eigenvalue weighted by Crippen LogP contribution is 2.19. The molecule has 1 heterocycles. The fourth-order valence-corrected chi connectivity index (χ4v) is 1.76. The first-order chi connectivity index (χ1) is 7.18. The Hall–Kier alpha value is -1.27. The van der Waals surface area contributed by atoms with Crippen molar-refractivity contribution in [1.82, 2.24) is 14.8 Å².